The van der Waals surface area contributed by atoms with Gasteiger partial charge >= 0.3 is 0 Å². The van der Waals surface area contributed by atoms with Gasteiger partial charge in [0.1, 0.15) is 10.6 Å². The monoisotopic (exact) mass is 582 g/mol. The smallest absolute Gasteiger partial charge is 0.267 e. The quantitative estimate of drug-likeness (QED) is 0.346. The van der Waals surface area contributed by atoms with Gasteiger partial charge in [0.15, 0.2) is 9.84 Å². The maximum atomic E-state index is 13.0. The first-order chi connectivity index (χ1) is 19.0. The summed E-state index contributed by atoms with van der Waals surface area (Å²) in [4.78, 5) is 10.9. The van der Waals surface area contributed by atoms with Gasteiger partial charge in [0, 0.05) is 43.7 Å². The minimum atomic E-state index is -3.99. The summed E-state index contributed by atoms with van der Waals surface area (Å²) in [6.07, 6.45) is 3.22. The molecule has 210 valence electrons. The van der Waals surface area contributed by atoms with Crippen molar-refractivity contribution in [2.75, 3.05) is 34.2 Å². The Morgan fingerprint density at radius 1 is 0.975 bits per heavy atom. The fraction of sp³-hybridized carbons (Fsp3) is 0.296. The summed E-state index contributed by atoms with van der Waals surface area (Å²) in [5.74, 6) is 0.837. The summed E-state index contributed by atoms with van der Waals surface area (Å²) in [7, 11) is -5.37. The molecule has 2 aromatic heterocycles. The van der Waals surface area contributed by atoms with Gasteiger partial charge in [-0.3, -0.25) is 4.68 Å². The third-order valence-electron chi connectivity index (χ3n) is 6.64. The average molecular weight is 583 g/mol. The number of rotatable bonds is 7. The molecule has 11 nitrogen and oxygen atoms in total. The van der Waals surface area contributed by atoms with Crippen molar-refractivity contribution in [3.05, 3.63) is 72.1 Å². The van der Waals surface area contributed by atoms with Crippen LogP contribution in [-0.2, 0) is 26.9 Å². The lowest BCUT2D eigenvalue weighted by atomic mass is 10.00. The SMILES string of the molecule is Cc1cccc(C)c1-c1cc(Oc2ccc(N3CCCS(=O)(=O)CC3)cc2)nc(NS(=O)(=O)c2cnn(C)c2)n1. The van der Waals surface area contributed by atoms with Gasteiger partial charge in [-0.1, -0.05) is 18.2 Å². The molecule has 1 aliphatic rings. The first kappa shape index (κ1) is 27.6. The fourth-order valence-corrected chi connectivity index (χ4v) is 6.83. The standard InChI is InChI=1S/C27H30N6O5S2/c1-19-6-4-7-20(2)26(19)24-16-25(30-27(29-24)31-40(36,37)23-17-28-32(3)18-23)38-22-10-8-21(9-11-22)33-12-5-14-39(34,35)15-13-33/h4,6-11,16-18H,5,12-15H2,1-3H3,(H,29,30,31). The second kappa shape index (κ2) is 10.9. The molecule has 5 rings (SSSR count). The van der Waals surface area contributed by atoms with E-state index in [1.54, 1.807) is 25.2 Å². The molecule has 1 saturated heterocycles. The normalized spacial score (nSPS) is 15.4. The third-order valence-corrected chi connectivity index (χ3v) is 9.63. The minimum Gasteiger partial charge on any atom is -0.439 e. The predicted octanol–water partition coefficient (Wildman–Crippen LogP) is 3.71. The van der Waals surface area contributed by atoms with E-state index in [1.165, 1.54) is 17.1 Å². The minimum absolute atomic E-state index is 0.0181. The maximum absolute atomic E-state index is 13.0. The first-order valence-corrected chi connectivity index (χ1v) is 16.0. The molecular weight excluding hydrogens is 552 g/mol. The van der Waals surface area contributed by atoms with Crippen molar-refractivity contribution in [3.8, 4) is 22.9 Å². The Morgan fingerprint density at radius 2 is 1.70 bits per heavy atom. The van der Waals surface area contributed by atoms with Crippen LogP contribution >= 0.6 is 0 Å². The van der Waals surface area contributed by atoms with Crippen molar-refractivity contribution in [2.24, 2.45) is 7.05 Å². The highest BCUT2D eigenvalue weighted by Gasteiger charge is 2.21. The zero-order valence-electron chi connectivity index (χ0n) is 22.4. The second-order valence-corrected chi connectivity index (χ2v) is 13.7. The van der Waals surface area contributed by atoms with Gasteiger partial charge in [-0.05, 0) is 55.7 Å². The number of sulfone groups is 1. The molecule has 2 aromatic carbocycles. The molecule has 0 atom stereocenters. The Morgan fingerprint density at radius 3 is 2.38 bits per heavy atom. The summed E-state index contributed by atoms with van der Waals surface area (Å²) in [5.41, 5.74) is 4.19. The first-order valence-electron chi connectivity index (χ1n) is 12.7. The van der Waals surface area contributed by atoms with Gasteiger partial charge in [-0.25, -0.2) is 26.5 Å². The van der Waals surface area contributed by atoms with Crippen LogP contribution in [0.25, 0.3) is 11.3 Å². The van der Waals surface area contributed by atoms with Crippen LogP contribution in [-0.4, -0.2) is 61.2 Å². The van der Waals surface area contributed by atoms with Gasteiger partial charge in [0.05, 0.1) is 23.4 Å². The van der Waals surface area contributed by atoms with E-state index in [2.05, 4.69) is 19.8 Å². The van der Waals surface area contributed by atoms with E-state index >= 15 is 0 Å². The van der Waals surface area contributed by atoms with Gasteiger partial charge in [0.2, 0.25) is 11.8 Å². The zero-order chi connectivity index (χ0) is 28.5. The van der Waals surface area contributed by atoms with E-state index in [0.717, 1.165) is 22.4 Å². The fourth-order valence-electron chi connectivity index (χ4n) is 4.63. The van der Waals surface area contributed by atoms with Gasteiger partial charge in [0.25, 0.3) is 10.0 Å². The number of nitrogens with one attached hydrogen (secondary N) is 1. The van der Waals surface area contributed by atoms with Crippen molar-refractivity contribution >= 4 is 31.5 Å². The lowest BCUT2D eigenvalue weighted by Crippen LogP contribution is -2.26. The number of anilines is 2. The molecule has 40 heavy (non-hydrogen) atoms. The Hall–Kier alpha value is -3.97. The van der Waals surface area contributed by atoms with Crippen molar-refractivity contribution in [1.29, 1.82) is 0 Å². The number of nitrogens with zero attached hydrogens (tertiary/aromatic N) is 5. The summed E-state index contributed by atoms with van der Waals surface area (Å²) in [6, 6.07) is 14.8. The van der Waals surface area contributed by atoms with Gasteiger partial charge in [-0.15, -0.1) is 0 Å². The molecule has 1 N–H and O–H groups in total. The van der Waals surface area contributed by atoms with E-state index in [4.69, 9.17) is 4.74 Å². The molecule has 1 aliphatic heterocycles. The van der Waals surface area contributed by atoms with Crippen LogP contribution in [0.4, 0.5) is 11.6 Å². The van der Waals surface area contributed by atoms with Crippen LogP contribution in [0.3, 0.4) is 0 Å². The Bertz CT molecular complexity index is 1730. The molecule has 1 fully saturated rings. The van der Waals surface area contributed by atoms with E-state index in [-0.39, 0.29) is 28.2 Å². The molecule has 0 radical (unpaired) electrons. The molecule has 0 amide bonds. The van der Waals surface area contributed by atoms with E-state index in [0.29, 0.717) is 31.0 Å². The molecule has 0 unspecified atom stereocenters. The van der Waals surface area contributed by atoms with Crippen LogP contribution in [0.5, 0.6) is 11.6 Å². The maximum Gasteiger partial charge on any atom is 0.267 e. The second-order valence-electron chi connectivity index (χ2n) is 9.73. The molecule has 0 spiro atoms. The molecule has 13 heteroatoms. The Balaban J connectivity index is 1.46. The van der Waals surface area contributed by atoms with Crippen LogP contribution in [0.1, 0.15) is 17.5 Å². The molecule has 0 saturated carbocycles. The molecule has 4 aromatic rings. The number of hydrogen-bond donors (Lipinski definition) is 1. The van der Waals surface area contributed by atoms with Crippen molar-refractivity contribution in [1.82, 2.24) is 19.7 Å². The highest BCUT2D eigenvalue weighted by atomic mass is 32.2. The van der Waals surface area contributed by atoms with Crippen molar-refractivity contribution < 1.29 is 21.6 Å². The number of hydrogen-bond acceptors (Lipinski definition) is 9. The summed E-state index contributed by atoms with van der Waals surface area (Å²) in [6.45, 7) is 5.01. The summed E-state index contributed by atoms with van der Waals surface area (Å²) < 4.78 is 59.8. The number of sulfonamides is 1. The highest BCUT2D eigenvalue weighted by molar-refractivity contribution is 7.92. The lowest BCUT2D eigenvalue weighted by Gasteiger charge is -2.22. The topological polar surface area (TPSA) is 136 Å². The van der Waals surface area contributed by atoms with Crippen LogP contribution in [0.2, 0.25) is 0 Å². The van der Waals surface area contributed by atoms with Crippen molar-refractivity contribution in [2.45, 2.75) is 25.2 Å². The number of aryl methyl sites for hydroxylation is 3. The number of benzene rings is 2. The number of ether oxygens (including phenoxy) is 1. The Kier molecular flexibility index (Phi) is 7.51. The highest BCUT2D eigenvalue weighted by Crippen LogP contribution is 2.31. The molecule has 0 bridgehead atoms. The van der Waals surface area contributed by atoms with Crippen LogP contribution in [0, 0.1) is 13.8 Å². The molecule has 0 aliphatic carbocycles. The van der Waals surface area contributed by atoms with Gasteiger partial charge < -0.3 is 9.64 Å². The lowest BCUT2D eigenvalue weighted by molar-refractivity contribution is 0.463. The van der Waals surface area contributed by atoms with E-state index in [1.807, 2.05) is 49.1 Å². The molecule has 3 heterocycles. The predicted molar refractivity (Wildman–Crippen MR) is 153 cm³/mol. The Labute approximate surface area is 233 Å². The third kappa shape index (κ3) is 6.26. The largest absolute Gasteiger partial charge is 0.439 e. The van der Waals surface area contributed by atoms with Crippen molar-refractivity contribution in [3.63, 3.8) is 0 Å². The van der Waals surface area contributed by atoms with Crippen LogP contribution in [0.15, 0.2) is 65.8 Å². The molecular formula is C27H30N6O5S2. The summed E-state index contributed by atoms with van der Waals surface area (Å²) >= 11 is 0. The average Bonchev–Trinajstić information content (AvgIpc) is 3.25. The van der Waals surface area contributed by atoms with E-state index in [9.17, 15) is 16.8 Å². The van der Waals surface area contributed by atoms with Gasteiger partial charge in [-0.2, -0.15) is 10.1 Å². The number of aromatic nitrogens is 4. The van der Waals surface area contributed by atoms with Crippen LogP contribution < -0.4 is 14.4 Å². The zero-order valence-corrected chi connectivity index (χ0v) is 24.0. The van der Waals surface area contributed by atoms with E-state index < -0.39 is 19.9 Å². The summed E-state index contributed by atoms with van der Waals surface area (Å²) in [5, 5.41) is 3.94.